The summed E-state index contributed by atoms with van der Waals surface area (Å²) in [6.07, 6.45) is 54.4. The van der Waals surface area contributed by atoms with Crippen LogP contribution in [0, 0.1) is 0 Å². The SMILES string of the molecule is CCCCCCCCCC/C=C\CCCCCCCCCCCCCCCCCCCCCC(=O)OC(COC(=O)CCCCCCCCCCCC)COP(=O)(O)OCC[N+](C)(C)C. The van der Waals surface area contributed by atoms with Crippen molar-refractivity contribution in [2.24, 2.45) is 0 Å². The van der Waals surface area contributed by atoms with Gasteiger partial charge in [0.1, 0.15) is 19.8 Å². The van der Waals surface area contributed by atoms with Crippen LogP contribution in [0.4, 0.5) is 0 Å². The lowest BCUT2D eigenvalue weighted by atomic mass is 10.0. The van der Waals surface area contributed by atoms with Crippen molar-refractivity contribution in [2.75, 3.05) is 47.5 Å². The van der Waals surface area contributed by atoms with Crippen molar-refractivity contribution < 1.29 is 42.1 Å². The Morgan fingerprint density at radius 2 is 0.785 bits per heavy atom. The molecule has 0 radical (unpaired) electrons. The number of carbonyl (C=O) groups is 2. The van der Waals surface area contributed by atoms with Gasteiger partial charge in [0.05, 0.1) is 27.7 Å². The van der Waals surface area contributed by atoms with Crippen molar-refractivity contribution >= 4 is 19.8 Å². The van der Waals surface area contributed by atoms with E-state index < -0.39 is 26.5 Å². The van der Waals surface area contributed by atoms with Crippen LogP contribution >= 0.6 is 7.82 Å². The molecule has 2 unspecified atom stereocenters. The molecule has 0 aliphatic heterocycles. The fraction of sp³-hybridized carbons (Fsp3) is 0.927. The van der Waals surface area contributed by atoms with E-state index in [2.05, 4.69) is 26.0 Å². The number of hydrogen-bond acceptors (Lipinski definition) is 7. The first-order valence-electron chi connectivity index (χ1n) is 27.9. The molecule has 0 bridgehead atoms. The van der Waals surface area contributed by atoms with Crippen LogP contribution in [0.1, 0.15) is 277 Å². The Balaban J connectivity index is 3.95. The summed E-state index contributed by atoms with van der Waals surface area (Å²) in [5.74, 6) is -0.784. The van der Waals surface area contributed by atoms with Gasteiger partial charge in [-0.15, -0.1) is 0 Å². The first kappa shape index (κ1) is 63.8. The number of phosphoric acid groups is 1. The Kier molecular flexibility index (Phi) is 46.9. The smallest absolute Gasteiger partial charge is 0.462 e. The number of carbonyl (C=O) groups excluding carboxylic acids is 2. The number of hydrogen-bond donors (Lipinski definition) is 1. The third-order valence-electron chi connectivity index (χ3n) is 12.5. The zero-order valence-electron chi connectivity index (χ0n) is 43.8. The van der Waals surface area contributed by atoms with Crippen LogP contribution < -0.4 is 0 Å². The predicted octanol–water partition coefficient (Wildman–Crippen LogP) is 16.9. The molecule has 386 valence electrons. The minimum Gasteiger partial charge on any atom is -0.462 e. The van der Waals surface area contributed by atoms with Crippen LogP contribution in [0.25, 0.3) is 0 Å². The number of allylic oxidation sites excluding steroid dienone is 2. The fourth-order valence-electron chi connectivity index (χ4n) is 8.19. The maximum absolute atomic E-state index is 12.8. The summed E-state index contributed by atoms with van der Waals surface area (Å²) in [6, 6.07) is 0. The van der Waals surface area contributed by atoms with Crippen molar-refractivity contribution in [1.82, 2.24) is 0 Å². The topological polar surface area (TPSA) is 108 Å². The molecule has 9 nitrogen and oxygen atoms in total. The lowest BCUT2D eigenvalue weighted by Gasteiger charge is -2.24. The van der Waals surface area contributed by atoms with Crippen LogP contribution in [0.15, 0.2) is 12.2 Å². The van der Waals surface area contributed by atoms with E-state index in [9.17, 15) is 19.0 Å². The third kappa shape index (κ3) is 52.0. The van der Waals surface area contributed by atoms with Gasteiger partial charge in [-0.1, -0.05) is 238 Å². The average molecular weight is 943 g/mol. The van der Waals surface area contributed by atoms with Crippen LogP contribution in [-0.4, -0.2) is 74.9 Å². The summed E-state index contributed by atoms with van der Waals surface area (Å²) in [5, 5.41) is 0. The third-order valence-corrected chi connectivity index (χ3v) is 13.5. The quantitative estimate of drug-likeness (QED) is 0.0211. The van der Waals surface area contributed by atoms with Gasteiger partial charge in [-0.25, -0.2) is 4.57 Å². The summed E-state index contributed by atoms with van der Waals surface area (Å²) in [6.45, 7) is 4.45. The Bertz CT molecular complexity index is 1110. The number of quaternary nitrogens is 1. The van der Waals surface area contributed by atoms with Gasteiger partial charge in [0.2, 0.25) is 0 Å². The van der Waals surface area contributed by atoms with E-state index in [0.717, 1.165) is 38.5 Å². The molecule has 0 aromatic carbocycles. The molecule has 0 spiro atoms. The number of phosphoric ester groups is 1. The van der Waals surface area contributed by atoms with Crippen LogP contribution in [-0.2, 0) is 32.7 Å². The molecule has 0 aliphatic rings. The number of ether oxygens (including phenoxy) is 2. The van der Waals surface area contributed by atoms with Gasteiger partial charge < -0.3 is 18.9 Å². The number of likely N-dealkylation sites (N-methyl/N-ethyl adjacent to an activating group) is 1. The standard InChI is InChI=1S/C55H108NO8P/c1-6-8-10-12-14-16-18-19-20-21-22-23-24-25-26-27-28-29-30-31-32-33-34-35-36-37-38-40-42-44-46-48-55(58)64-53(52-63-65(59,60)62-50-49-56(3,4)5)51-61-54(57)47-45-43-41-39-17-15-13-11-9-7-2/h21-22,53H,6-20,23-52H2,1-5H3/p+1/b22-21-. The van der Waals surface area contributed by atoms with Crippen molar-refractivity contribution in [3.63, 3.8) is 0 Å². The molecule has 0 amide bonds. The van der Waals surface area contributed by atoms with E-state index in [0.29, 0.717) is 17.4 Å². The Labute approximate surface area is 403 Å². The second-order valence-corrected chi connectivity index (χ2v) is 21.8. The van der Waals surface area contributed by atoms with Gasteiger partial charge >= 0.3 is 19.8 Å². The van der Waals surface area contributed by atoms with Gasteiger partial charge in [0.25, 0.3) is 0 Å². The fourth-order valence-corrected chi connectivity index (χ4v) is 8.93. The van der Waals surface area contributed by atoms with Crippen molar-refractivity contribution in [3.05, 3.63) is 12.2 Å². The van der Waals surface area contributed by atoms with Crippen LogP contribution in [0.3, 0.4) is 0 Å². The molecule has 0 heterocycles. The summed E-state index contributed by atoms with van der Waals surface area (Å²) in [5.41, 5.74) is 0. The largest absolute Gasteiger partial charge is 0.472 e. The van der Waals surface area contributed by atoms with Gasteiger partial charge in [-0.3, -0.25) is 18.6 Å². The van der Waals surface area contributed by atoms with E-state index in [1.54, 1.807) is 0 Å². The van der Waals surface area contributed by atoms with E-state index in [1.165, 1.54) is 212 Å². The molecule has 1 N–H and O–H groups in total. The van der Waals surface area contributed by atoms with E-state index in [4.69, 9.17) is 18.5 Å². The number of rotatable bonds is 52. The monoisotopic (exact) mass is 943 g/mol. The molecule has 0 rings (SSSR count). The zero-order valence-corrected chi connectivity index (χ0v) is 44.6. The lowest BCUT2D eigenvalue weighted by molar-refractivity contribution is -0.870. The molecule has 0 saturated heterocycles. The molecule has 0 aliphatic carbocycles. The summed E-state index contributed by atoms with van der Waals surface area (Å²) < 4.78 is 34.4. The van der Waals surface area contributed by atoms with Gasteiger partial charge in [0, 0.05) is 12.8 Å². The molecular weight excluding hydrogens is 834 g/mol. The molecule has 10 heteroatoms. The number of unbranched alkanes of at least 4 members (excludes halogenated alkanes) is 36. The first-order chi connectivity index (χ1) is 31.5. The normalized spacial score (nSPS) is 13.4. The highest BCUT2D eigenvalue weighted by atomic mass is 31.2. The zero-order chi connectivity index (χ0) is 47.8. The molecule has 65 heavy (non-hydrogen) atoms. The van der Waals surface area contributed by atoms with Crippen molar-refractivity contribution in [2.45, 2.75) is 283 Å². The van der Waals surface area contributed by atoms with Crippen molar-refractivity contribution in [3.8, 4) is 0 Å². The highest BCUT2D eigenvalue weighted by Crippen LogP contribution is 2.43. The van der Waals surface area contributed by atoms with Crippen LogP contribution in [0.2, 0.25) is 0 Å². The Hall–Kier alpha value is -1.25. The van der Waals surface area contributed by atoms with Gasteiger partial charge in [-0.2, -0.15) is 0 Å². The van der Waals surface area contributed by atoms with Crippen molar-refractivity contribution in [1.29, 1.82) is 0 Å². The summed E-state index contributed by atoms with van der Waals surface area (Å²) >= 11 is 0. The lowest BCUT2D eigenvalue weighted by Crippen LogP contribution is -2.37. The average Bonchev–Trinajstić information content (AvgIpc) is 3.26. The summed E-state index contributed by atoms with van der Waals surface area (Å²) in [7, 11) is 1.49. The molecule has 0 aromatic rings. The molecule has 0 saturated carbocycles. The maximum atomic E-state index is 12.8. The maximum Gasteiger partial charge on any atom is 0.472 e. The molecule has 0 fully saturated rings. The Morgan fingerprint density at radius 3 is 1.14 bits per heavy atom. The molecular formula is C55H109NO8P+. The Morgan fingerprint density at radius 1 is 0.462 bits per heavy atom. The number of esters is 2. The first-order valence-corrected chi connectivity index (χ1v) is 29.4. The van der Waals surface area contributed by atoms with E-state index >= 15 is 0 Å². The molecule has 0 aromatic heterocycles. The highest BCUT2D eigenvalue weighted by molar-refractivity contribution is 7.47. The second kappa shape index (κ2) is 47.8. The van der Waals surface area contributed by atoms with E-state index in [1.807, 2.05) is 21.1 Å². The number of nitrogens with zero attached hydrogens (tertiary/aromatic N) is 1. The highest BCUT2D eigenvalue weighted by Gasteiger charge is 2.27. The predicted molar refractivity (Wildman–Crippen MR) is 275 cm³/mol. The van der Waals surface area contributed by atoms with E-state index in [-0.39, 0.29) is 25.6 Å². The minimum atomic E-state index is -4.37. The second-order valence-electron chi connectivity index (χ2n) is 20.3. The van der Waals surface area contributed by atoms with Crippen LogP contribution in [0.5, 0.6) is 0 Å². The molecule has 2 atom stereocenters. The summed E-state index contributed by atoms with van der Waals surface area (Å²) in [4.78, 5) is 35.5. The minimum absolute atomic E-state index is 0.0359. The van der Waals surface area contributed by atoms with Gasteiger partial charge in [0.15, 0.2) is 6.10 Å². The van der Waals surface area contributed by atoms with Gasteiger partial charge in [-0.05, 0) is 38.5 Å².